The minimum Gasteiger partial charge on any atom is -0.353 e. The Hall–Kier alpha value is -3.19. The summed E-state index contributed by atoms with van der Waals surface area (Å²) in [5.41, 5.74) is -0.323. The lowest BCUT2D eigenvalue weighted by Gasteiger charge is -2.30. The fraction of sp³-hybridized carbons (Fsp3) is 0.421. The highest BCUT2D eigenvalue weighted by Gasteiger charge is 2.44. The number of fused-ring (bicyclic) bond motifs is 1. The van der Waals surface area contributed by atoms with Crippen LogP contribution in [0.5, 0.6) is 0 Å². The Balaban J connectivity index is 1.71. The number of hydrogen-bond donors (Lipinski definition) is 3. The number of rotatable bonds is 4. The quantitative estimate of drug-likeness (QED) is 0.660. The van der Waals surface area contributed by atoms with E-state index < -0.39 is 41.4 Å². The zero-order chi connectivity index (χ0) is 21.3. The number of nitroso groups, excluding NO2 is 1. The number of nitrogens with one attached hydrogen (secondary N) is 3. The van der Waals surface area contributed by atoms with Crippen molar-refractivity contribution in [1.82, 2.24) is 15.6 Å². The topological polar surface area (TPSA) is 118 Å². The van der Waals surface area contributed by atoms with Gasteiger partial charge in [-0.3, -0.25) is 9.59 Å². The van der Waals surface area contributed by atoms with Gasteiger partial charge in [0.2, 0.25) is 11.9 Å². The molecule has 2 heterocycles. The maximum absolute atomic E-state index is 13.4. The molecule has 29 heavy (non-hydrogen) atoms. The summed E-state index contributed by atoms with van der Waals surface area (Å²) in [5.74, 6) is -2.82. The van der Waals surface area contributed by atoms with Gasteiger partial charge in [-0.2, -0.15) is 5.26 Å². The van der Waals surface area contributed by atoms with Crippen LogP contribution in [0.4, 0.5) is 8.78 Å². The van der Waals surface area contributed by atoms with E-state index in [1.54, 1.807) is 13.8 Å². The smallest absolute Gasteiger partial charge is 0.341 e. The number of carbonyl (C=O) groups excluding carboxylic acids is 1. The van der Waals surface area contributed by atoms with Gasteiger partial charge >= 0.3 is 6.17 Å². The van der Waals surface area contributed by atoms with Crippen molar-refractivity contribution in [3.63, 3.8) is 0 Å². The number of pyridine rings is 1. The summed E-state index contributed by atoms with van der Waals surface area (Å²) in [4.78, 5) is 39.1. The molecule has 1 aliphatic rings. The SMILES string of the molecule is CC(NC(=O)Cc1cc2cc(F)c(F)cc2[nH]c1=O)C1CNC(C#N)[N+](=O)C1C. The number of H-pyrrole nitrogens is 1. The van der Waals surface area contributed by atoms with E-state index in [1.165, 1.54) is 6.07 Å². The average Bonchev–Trinajstić information content (AvgIpc) is 2.66. The summed E-state index contributed by atoms with van der Waals surface area (Å²) in [7, 11) is 0. The lowest BCUT2D eigenvalue weighted by molar-refractivity contribution is -0.627. The molecule has 4 atom stereocenters. The Morgan fingerprint density at radius 3 is 2.76 bits per heavy atom. The zero-order valence-corrected chi connectivity index (χ0v) is 15.8. The molecule has 10 heteroatoms. The maximum atomic E-state index is 13.4. The van der Waals surface area contributed by atoms with E-state index in [4.69, 9.17) is 5.26 Å². The maximum Gasteiger partial charge on any atom is 0.341 e. The number of hydrogen-bond acceptors (Lipinski definition) is 5. The molecule has 1 aliphatic heterocycles. The molecule has 1 amide bonds. The van der Waals surface area contributed by atoms with Gasteiger partial charge < -0.3 is 10.3 Å². The van der Waals surface area contributed by atoms with Crippen LogP contribution in [0, 0.1) is 33.8 Å². The Bertz CT molecular complexity index is 1080. The second-order valence-corrected chi connectivity index (χ2v) is 7.21. The Morgan fingerprint density at radius 1 is 1.38 bits per heavy atom. The molecule has 1 fully saturated rings. The zero-order valence-electron chi connectivity index (χ0n) is 15.8. The molecule has 1 saturated heterocycles. The first kappa shape index (κ1) is 20.5. The van der Waals surface area contributed by atoms with Crippen molar-refractivity contribution in [2.45, 2.75) is 38.5 Å². The van der Waals surface area contributed by atoms with E-state index in [0.717, 1.165) is 12.1 Å². The van der Waals surface area contributed by atoms with E-state index in [1.807, 2.05) is 6.07 Å². The average molecular weight is 404 g/mol. The summed E-state index contributed by atoms with van der Waals surface area (Å²) in [5, 5.41) is 14.8. The number of nitriles is 1. The van der Waals surface area contributed by atoms with Crippen molar-refractivity contribution >= 4 is 16.8 Å². The molecule has 1 aromatic heterocycles. The van der Waals surface area contributed by atoms with Gasteiger partial charge in [-0.05, 0) is 19.1 Å². The van der Waals surface area contributed by atoms with Crippen LogP contribution in [0.15, 0.2) is 23.0 Å². The minimum absolute atomic E-state index is 0.109. The molecule has 8 nitrogen and oxygen atoms in total. The minimum atomic E-state index is -1.08. The number of halogens is 2. The van der Waals surface area contributed by atoms with Gasteiger partial charge in [-0.15, -0.1) is 0 Å². The highest BCUT2D eigenvalue weighted by molar-refractivity contribution is 5.82. The van der Waals surface area contributed by atoms with Crippen LogP contribution < -0.4 is 16.2 Å². The van der Waals surface area contributed by atoms with Crippen LogP contribution in [-0.4, -0.2) is 40.4 Å². The summed E-state index contributed by atoms with van der Waals surface area (Å²) in [6.45, 7) is 3.80. The van der Waals surface area contributed by atoms with Crippen molar-refractivity contribution in [2.75, 3.05) is 6.54 Å². The van der Waals surface area contributed by atoms with E-state index in [-0.39, 0.29) is 28.8 Å². The molecule has 4 unspecified atom stereocenters. The molecule has 3 rings (SSSR count). The van der Waals surface area contributed by atoms with Crippen molar-refractivity contribution < 1.29 is 18.3 Å². The van der Waals surface area contributed by atoms with Gasteiger partial charge in [0.25, 0.3) is 5.56 Å². The third kappa shape index (κ3) is 4.14. The summed E-state index contributed by atoms with van der Waals surface area (Å²) in [6, 6.07) is 4.18. The van der Waals surface area contributed by atoms with Gasteiger partial charge in [0, 0.05) is 46.2 Å². The Kier molecular flexibility index (Phi) is 5.70. The number of benzene rings is 1. The first-order valence-corrected chi connectivity index (χ1v) is 9.10. The largest absolute Gasteiger partial charge is 0.353 e. The normalized spacial score (nSPS) is 22.9. The number of aromatic nitrogens is 1. The van der Waals surface area contributed by atoms with Crippen molar-refractivity contribution in [3.8, 4) is 6.07 Å². The molecule has 0 radical (unpaired) electrons. The van der Waals surface area contributed by atoms with E-state index in [0.29, 0.717) is 11.3 Å². The second-order valence-electron chi connectivity index (χ2n) is 7.21. The van der Waals surface area contributed by atoms with Crippen LogP contribution in [0.25, 0.3) is 10.9 Å². The molecule has 0 spiro atoms. The van der Waals surface area contributed by atoms with Crippen LogP contribution in [-0.2, 0) is 11.2 Å². The molecular formula is C19H20F2N5O3+. The van der Waals surface area contributed by atoms with Gasteiger partial charge in [0.05, 0.1) is 17.9 Å². The van der Waals surface area contributed by atoms with Crippen molar-refractivity contribution in [1.29, 1.82) is 5.26 Å². The van der Waals surface area contributed by atoms with Gasteiger partial charge in [0.1, 0.15) is 0 Å². The third-order valence-electron chi connectivity index (χ3n) is 5.29. The molecule has 1 aromatic carbocycles. The predicted octanol–water partition coefficient (Wildman–Crippen LogP) is 1.09. The second kappa shape index (κ2) is 8.05. The fourth-order valence-electron chi connectivity index (χ4n) is 3.59. The number of carbonyl (C=O) groups is 1. The standard InChI is InChI=1S/C19H19F2N5O3/c1-9(13-8-23-17(7-22)26(29)10(13)2)24-18(27)5-12-3-11-4-14(20)15(21)6-16(11)25-19(12)28/h3-4,6,9-10,13,17,23H,5,8H2,1-2H3,(H-,24,25,27,28)/p+1. The first-order chi connectivity index (χ1) is 13.7. The number of nitrogens with zero attached hydrogens (tertiary/aromatic N) is 2. The molecule has 152 valence electrons. The van der Waals surface area contributed by atoms with E-state index in [2.05, 4.69) is 15.6 Å². The predicted molar refractivity (Wildman–Crippen MR) is 99.8 cm³/mol. The number of amides is 1. The Morgan fingerprint density at radius 2 is 2.07 bits per heavy atom. The first-order valence-electron chi connectivity index (χ1n) is 9.10. The molecule has 0 saturated carbocycles. The monoisotopic (exact) mass is 404 g/mol. The summed E-state index contributed by atoms with van der Waals surface area (Å²) < 4.78 is 27.4. The highest BCUT2D eigenvalue weighted by atomic mass is 19.2. The molecular weight excluding hydrogens is 384 g/mol. The van der Waals surface area contributed by atoms with Gasteiger partial charge in [-0.25, -0.2) is 14.1 Å². The molecule has 0 aliphatic carbocycles. The lowest BCUT2D eigenvalue weighted by Crippen LogP contribution is -2.58. The van der Waals surface area contributed by atoms with Crippen molar-refractivity contribution in [3.05, 3.63) is 50.7 Å². The third-order valence-corrected chi connectivity index (χ3v) is 5.29. The van der Waals surface area contributed by atoms with Crippen LogP contribution in [0.2, 0.25) is 0 Å². The Labute approximate surface area is 164 Å². The van der Waals surface area contributed by atoms with Gasteiger partial charge in [-0.1, -0.05) is 0 Å². The number of aromatic amines is 1. The van der Waals surface area contributed by atoms with E-state index in [9.17, 15) is 23.3 Å². The van der Waals surface area contributed by atoms with Crippen molar-refractivity contribution in [2.24, 2.45) is 5.92 Å². The van der Waals surface area contributed by atoms with Crippen LogP contribution >= 0.6 is 0 Å². The van der Waals surface area contributed by atoms with E-state index >= 15 is 0 Å². The molecule has 2 aromatic rings. The lowest BCUT2D eigenvalue weighted by atomic mass is 9.91. The van der Waals surface area contributed by atoms with Crippen LogP contribution in [0.1, 0.15) is 19.4 Å². The van der Waals surface area contributed by atoms with Gasteiger partial charge in [0.15, 0.2) is 17.7 Å². The molecule has 0 bridgehead atoms. The molecule has 3 N–H and O–H groups in total. The summed E-state index contributed by atoms with van der Waals surface area (Å²) in [6.07, 6.45) is -1.18. The van der Waals surface area contributed by atoms with Crippen LogP contribution in [0.3, 0.4) is 0 Å². The fourth-order valence-corrected chi connectivity index (χ4v) is 3.59. The highest BCUT2D eigenvalue weighted by Crippen LogP contribution is 2.18. The summed E-state index contributed by atoms with van der Waals surface area (Å²) >= 11 is 0.